The molecule has 1 aromatic heterocycles. The quantitative estimate of drug-likeness (QED) is 0.625. The second-order valence-corrected chi connectivity index (χ2v) is 6.31. The van der Waals surface area contributed by atoms with Crippen molar-refractivity contribution in [1.82, 2.24) is 4.98 Å². The molecule has 0 aromatic carbocycles. The van der Waals surface area contributed by atoms with Crippen LogP contribution in [0.1, 0.15) is 36.0 Å². The van der Waals surface area contributed by atoms with Crippen molar-refractivity contribution >= 4 is 18.1 Å². The summed E-state index contributed by atoms with van der Waals surface area (Å²) < 4.78 is 10.9. The molecule has 0 N–H and O–H groups in total. The van der Waals surface area contributed by atoms with Crippen LogP contribution in [0.15, 0.2) is 18.3 Å². The van der Waals surface area contributed by atoms with Crippen LogP contribution in [-0.2, 0) is 14.3 Å². The van der Waals surface area contributed by atoms with Gasteiger partial charge in [-0.1, -0.05) is 0 Å². The van der Waals surface area contributed by atoms with Gasteiger partial charge in [0.1, 0.15) is 5.82 Å². The number of anilines is 1. The van der Waals surface area contributed by atoms with Crippen molar-refractivity contribution in [2.75, 3.05) is 31.7 Å². The lowest BCUT2D eigenvalue weighted by Crippen LogP contribution is -2.50. The van der Waals surface area contributed by atoms with Crippen molar-refractivity contribution in [2.45, 2.75) is 31.3 Å². The molecule has 6 heteroatoms. The smallest absolute Gasteiger partial charge is 0.311 e. The standard InChI is InChI=1S/C17H22N2O4/c1-22-16(21)14-4-5-17(23-12-14)6-8-19(9-7-17)15-3-2-13(11-20)10-18-15/h2-3,10-11,14H,4-9,12H2,1H3. The Labute approximate surface area is 135 Å². The van der Waals surface area contributed by atoms with E-state index < -0.39 is 0 Å². The third kappa shape index (κ3) is 3.37. The van der Waals surface area contributed by atoms with Gasteiger partial charge >= 0.3 is 5.97 Å². The van der Waals surface area contributed by atoms with E-state index in [-0.39, 0.29) is 17.5 Å². The Morgan fingerprint density at radius 1 is 1.39 bits per heavy atom. The molecule has 124 valence electrons. The molecule has 0 radical (unpaired) electrons. The minimum absolute atomic E-state index is 0.107. The summed E-state index contributed by atoms with van der Waals surface area (Å²) in [5, 5.41) is 0. The highest BCUT2D eigenvalue weighted by Gasteiger charge is 2.41. The molecule has 2 saturated heterocycles. The van der Waals surface area contributed by atoms with E-state index in [1.165, 1.54) is 7.11 Å². The van der Waals surface area contributed by atoms with E-state index in [9.17, 15) is 9.59 Å². The van der Waals surface area contributed by atoms with Gasteiger partial charge in [-0.25, -0.2) is 4.98 Å². The minimum atomic E-state index is -0.170. The highest BCUT2D eigenvalue weighted by atomic mass is 16.5. The lowest BCUT2D eigenvalue weighted by Gasteiger charge is -2.45. The fourth-order valence-electron chi connectivity index (χ4n) is 3.41. The van der Waals surface area contributed by atoms with Crippen LogP contribution >= 0.6 is 0 Å². The molecular formula is C17H22N2O4. The Morgan fingerprint density at radius 3 is 2.70 bits per heavy atom. The highest BCUT2D eigenvalue weighted by Crippen LogP contribution is 2.37. The Hall–Kier alpha value is -1.95. The molecule has 1 atom stereocenters. The molecule has 3 rings (SSSR count). The Balaban J connectivity index is 1.56. The van der Waals surface area contributed by atoms with Gasteiger partial charge < -0.3 is 14.4 Å². The number of aldehydes is 1. The second-order valence-electron chi connectivity index (χ2n) is 6.31. The van der Waals surface area contributed by atoms with Crippen molar-refractivity contribution in [3.63, 3.8) is 0 Å². The van der Waals surface area contributed by atoms with E-state index in [1.54, 1.807) is 12.3 Å². The van der Waals surface area contributed by atoms with Gasteiger partial charge in [-0.15, -0.1) is 0 Å². The zero-order valence-electron chi connectivity index (χ0n) is 13.4. The van der Waals surface area contributed by atoms with Crippen molar-refractivity contribution in [1.29, 1.82) is 0 Å². The van der Waals surface area contributed by atoms with Gasteiger partial charge in [-0.2, -0.15) is 0 Å². The van der Waals surface area contributed by atoms with Gasteiger partial charge in [0.05, 0.1) is 25.2 Å². The van der Waals surface area contributed by atoms with Crippen LogP contribution in [0.2, 0.25) is 0 Å². The Kier molecular flexibility index (Phi) is 4.61. The average molecular weight is 318 g/mol. The molecule has 1 unspecified atom stereocenters. The zero-order chi connectivity index (χ0) is 16.3. The number of aromatic nitrogens is 1. The first-order valence-corrected chi connectivity index (χ1v) is 8.04. The van der Waals surface area contributed by atoms with Crippen LogP contribution in [0.3, 0.4) is 0 Å². The molecule has 0 aliphatic carbocycles. The van der Waals surface area contributed by atoms with Crippen LogP contribution in [0.25, 0.3) is 0 Å². The maximum Gasteiger partial charge on any atom is 0.311 e. The number of hydrogen-bond acceptors (Lipinski definition) is 6. The Morgan fingerprint density at radius 2 is 2.17 bits per heavy atom. The molecule has 3 heterocycles. The molecule has 2 aliphatic heterocycles. The highest BCUT2D eigenvalue weighted by molar-refractivity contribution is 5.74. The molecule has 2 fully saturated rings. The van der Waals surface area contributed by atoms with Gasteiger partial charge in [0.2, 0.25) is 0 Å². The molecule has 2 aliphatic rings. The fourth-order valence-corrected chi connectivity index (χ4v) is 3.41. The molecule has 6 nitrogen and oxygen atoms in total. The van der Waals surface area contributed by atoms with Gasteiger partial charge in [-0.3, -0.25) is 9.59 Å². The first-order chi connectivity index (χ1) is 11.2. The summed E-state index contributed by atoms with van der Waals surface area (Å²) in [5.41, 5.74) is 0.482. The summed E-state index contributed by atoms with van der Waals surface area (Å²) in [5.74, 6) is 0.603. The molecule has 0 saturated carbocycles. The summed E-state index contributed by atoms with van der Waals surface area (Å²) in [6, 6.07) is 3.68. The average Bonchev–Trinajstić information content (AvgIpc) is 2.62. The number of methoxy groups -OCH3 is 1. The number of carbonyl (C=O) groups is 2. The number of rotatable bonds is 3. The third-order valence-corrected chi connectivity index (χ3v) is 4.98. The largest absolute Gasteiger partial charge is 0.469 e. The monoisotopic (exact) mass is 318 g/mol. The van der Waals surface area contributed by atoms with Crippen molar-refractivity contribution < 1.29 is 19.1 Å². The molecule has 1 spiro atoms. The van der Waals surface area contributed by atoms with Crippen molar-refractivity contribution in [3.8, 4) is 0 Å². The van der Waals surface area contributed by atoms with E-state index >= 15 is 0 Å². The minimum Gasteiger partial charge on any atom is -0.469 e. The fraction of sp³-hybridized carbons (Fsp3) is 0.588. The number of pyridine rings is 1. The maximum absolute atomic E-state index is 11.6. The van der Waals surface area contributed by atoms with E-state index in [1.807, 2.05) is 6.07 Å². The first kappa shape index (κ1) is 15.9. The Bertz CT molecular complexity index is 554. The lowest BCUT2D eigenvalue weighted by molar-refractivity contribution is -0.161. The van der Waals surface area contributed by atoms with E-state index in [0.717, 1.165) is 50.9 Å². The molecule has 0 bridgehead atoms. The molecule has 1 aromatic rings. The summed E-state index contributed by atoms with van der Waals surface area (Å²) in [6.07, 6.45) is 5.99. The normalized spacial score (nSPS) is 23.5. The number of esters is 1. The lowest BCUT2D eigenvalue weighted by atomic mass is 9.82. The van der Waals surface area contributed by atoms with Crippen LogP contribution in [0.5, 0.6) is 0 Å². The summed E-state index contributed by atoms with van der Waals surface area (Å²) >= 11 is 0. The summed E-state index contributed by atoms with van der Waals surface area (Å²) in [7, 11) is 1.42. The summed E-state index contributed by atoms with van der Waals surface area (Å²) in [6.45, 7) is 2.20. The van der Waals surface area contributed by atoms with Crippen LogP contribution in [0, 0.1) is 5.92 Å². The number of ether oxygens (including phenoxy) is 2. The van der Waals surface area contributed by atoms with Gasteiger partial charge in [0.15, 0.2) is 6.29 Å². The number of nitrogens with zero attached hydrogens (tertiary/aromatic N) is 2. The molecule has 0 amide bonds. The number of hydrogen-bond donors (Lipinski definition) is 0. The van der Waals surface area contributed by atoms with Crippen LogP contribution in [-0.4, -0.2) is 49.6 Å². The predicted octanol–water partition coefficient (Wildman–Crippen LogP) is 1.83. The third-order valence-electron chi connectivity index (χ3n) is 4.98. The van der Waals surface area contributed by atoms with Gasteiger partial charge in [-0.05, 0) is 37.8 Å². The van der Waals surface area contributed by atoms with Crippen LogP contribution in [0.4, 0.5) is 5.82 Å². The topological polar surface area (TPSA) is 68.7 Å². The van der Waals surface area contributed by atoms with Crippen LogP contribution < -0.4 is 4.90 Å². The van der Waals surface area contributed by atoms with Gasteiger partial charge in [0.25, 0.3) is 0 Å². The maximum atomic E-state index is 11.6. The van der Waals surface area contributed by atoms with E-state index in [4.69, 9.17) is 9.47 Å². The summed E-state index contributed by atoms with van der Waals surface area (Å²) in [4.78, 5) is 28.8. The SMILES string of the molecule is COC(=O)C1CCC2(CCN(c3ccc(C=O)cn3)CC2)OC1. The van der Waals surface area contributed by atoms with E-state index in [0.29, 0.717) is 12.2 Å². The van der Waals surface area contributed by atoms with Crippen molar-refractivity contribution in [2.24, 2.45) is 5.92 Å². The predicted molar refractivity (Wildman–Crippen MR) is 84.5 cm³/mol. The van der Waals surface area contributed by atoms with Crippen molar-refractivity contribution in [3.05, 3.63) is 23.9 Å². The van der Waals surface area contributed by atoms with E-state index in [2.05, 4.69) is 9.88 Å². The number of piperidine rings is 1. The number of carbonyl (C=O) groups excluding carboxylic acids is 2. The first-order valence-electron chi connectivity index (χ1n) is 8.04. The zero-order valence-corrected chi connectivity index (χ0v) is 13.4. The molecule has 23 heavy (non-hydrogen) atoms. The van der Waals surface area contributed by atoms with Gasteiger partial charge in [0, 0.05) is 24.8 Å². The second kappa shape index (κ2) is 6.66. The molecular weight excluding hydrogens is 296 g/mol.